The average molecular weight is 431 g/mol. The minimum absolute atomic E-state index is 0.0299. The second-order valence-electron chi connectivity index (χ2n) is 7.61. The van der Waals surface area contributed by atoms with Gasteiger partial charge in [0, 0.05) is 64.0 Å². The van der Waals surface area contributed by atoms with Gasteiger partial charge in [-0.3, -0.25) is 9.78 Å². The summed E-state index contributed by atoms with van der Waals surface area (Å²) in [6.07, 6.45) is 4.77. The molecule has 1 aliphatic rings. The molecule has 1 aromatic heterocycles. The van der Waals surface area contributed by atoms with Crippen LogP contribution in [0.5, 0.6) is 0 Å². The molecule has 0 bridgehead atoms. The third kappa shape index (κ3) is 6.35. The van der Waals surface area contributed by atoms with Crippen molar-refractivity contribution in [2.45, 2.75) is 36.6 Å². The maximum Gasteiger partial charge on any atom is 0.240 e. The first kappa shape index (κ1) is 22.4. The van der Waals surface area contributed by atoms with Crippen LogP contribution < -0.4 is 4.72 Å². The van der Waals surface area contributed by atoms with Crippen LogP contribution in [0.3, 0.4) is 0 Å². The molecule has 8 heteroatoms. The minimum atomic E-state index is -3.58. The summed E-state index contributed by atoms with van der Waals surface area (Å²) in [5, 5.41) is 0. The molecule has 3 rings (SSSR count). The van der Waals surface area contributed by atoms with E-state index in [4.69, 9.17) is 0 Å². The predicted molar refractivity (Wildman–Crippen MR) is 116 cm³/mol. The molecule has 0 atom stereocenters. The van der Waals surface area contributed by atoms with Crippen molar-refractivity contribution in [3.8, 4) is 0 Å². The first-order valence-electron chi connectivity index (χ1n) is 10.4. The summed E-state index contributed by atoms with van der Waals surface area (Å²) in [4.78, 5) is 21.3. The summed E-state index contributed by atoms with van der Waals surface area (Å²) < 4.78 is 27.0. The van der Waals surface area contributed by atoms with Gasteiger partial charge in [0.2, 0.25) is 15.9 Å². The molecule has 2 heterocycles. The van der Waals surface area contributed by atoms with E-state index < -0.39 is 10.0 Å². The van der Waals surface area contributed by atoms with E-state index in [9.17, 15) is 13.2 Å². The van der Waals surface area contributed by atoms with Crippen molar-refractivity contribution in [2.24, 2.45) is 0 Å². The van der Waals surface area contributed by atoms with E-state index in [0.29, 0.717) is 0 Å². The molecule has 0 spiro atoms. The van der Waals surface area contributed by atoms with E-state index in [2.05, 4.69) is 14.6 Å². The maximum atomic E-state index is 12.5. The van der Waals surface area contributed by atoms with E-state index in [-0.39, 0.29) is 29.8 Å². The number of amides is 1. The van der Waals surface area contributed by atoms with E-state index in [1.165, 1.54) is 12.1 Å². The third-order valence-corrected chi connectivity index (χ3v) is 7.07. The van der Waals surface area contributed by atoms with Gasteiger partial charge in [-0.15, -0.1) is 0 Å². The van der Waals surface area contributed by atoms with Crippen LogP contribution in [-0.2, 0) is 21.2 Å². The lowest BCUT2D eigenvalue weighted by molar-refractivity contribution is -0.132. The number of hydrogen-bond donors (Lipinski definition) is 1. The van der Waals surface area contributed by atoms with Crippen LogP contribution >= 0.6 is 0 Å². The Labute approximate surface area is 179 Å². The Morgan fingerprint density at radius 2 is 1.83 bits per heavy atom. The predicted octanol–water partition coefficient (Wildman–Crippen LogP) is 1.92. The number of carbonyl (C=O) groups excluding carboxylic acids is 1. The number of hydrogen-bond acceptors (Lipinski definition) is 5. The fraction of sp³-hybridized carbons (Fsp3) is 0.455. The molecule has 30 heavy (non-hydrogen) atoms. The molecule has 2 aromatic rings. The SMILES string of the molecule is CN(C(=O)CCNS(=O)(=O)c1ccccc1)C1CCN(CCc2ccccn2)CC1. The number of benzene rings is 1. The number of aromatic nitrogens is 1. The molecule has 0 aliphatic carbocycles. The minimum Gasteiger partial charge on any atom is -0.343 e. The Hall–Kier alpha value is -2.29. The molecule has 1 aromatic carbocycles. The zero-order valence-electron chi connectivity index (χ0n) is 17.4. The summed E-state index contributed by atoms with van der Waals surface area (Å²) in [5.74, 6) is -0.0299. The van der Waals surface area contributed by atoms with Gasteiger partial charge < -0.3 is 9.80 Å². The normalized spacial score (nSPS) is 15.8. The highest BCUT2D eigenvalue weighted by molar-refractivity contribution is 7.89. The van der Waals surface area contributed by atoms with Crippen molar-refractivity contribution in [1.29, 1.82) is 0 Å². The van der Waals surface area contributed by atoms with Gasteiger partial charge in [-0.1, -0.05) is 24.3 Å². The molecule has 0 unspecified atom stereocenters. The molecule has 0 saturated carbocycles. The van der Waals surface area contributed by atoms with Gasteiger partial charge in [-0.05, 0) is 37.1 Å². The van der Waals surface area contributed by atoms with Gasteiger partial charge in [0.1, 0.15) is 0 Å². The molecule has 1 aliphatic heterocycles. The topological polar surface area (TPSA) is 82.6 Å². The fourth-order valence-electron chi connectivity index (χ4n) is 3.70. The summed E-state index contributed by atoms with van der Waals surface area (Å²) in [6, 6.07) is 14.4. The zero-order chi connectivity index (χ0) is 21.4. The number of piperidine rings is 1. The van der Waals surface area contributed by atoms with Crippen molar-refractivity contribution in [3.63, 3.8) is 0 Å². The highest BCUT2D eigenvalue weighted by Crippen LogP contribution is 2.16. The number of sulfonamides is 1. The number of carbonyl (C=O) groups is 1. The summed E-state index contributed by atoms with van der Waals surface area (Å²) in [6.45, 7) is 2.98. The molecule has 1 fully saturated rings. The van der Waals surface area contributed by atoms with E-state index in [0.717, 1.165) is 44.6 Å². The van der Waals surface area contributed by atoms with Crippen molar-refractivity contribution < 1.29 is 13.2 Å². The fourth-order valence-corrected chi connectivity index (χ4v) is 4.76. The Balaban J connectivity index is 1.38. The summed E-state index contributed by atoms with van der Waals surface area (Å²) in [5.41, 5.74) is 1.10. The second-order valence-corrected chi connectivity index (χ2v) is 9.38. The Morgan fingerprint density at radius 3 is 2.50 bits per heavy atom. The molecule has 1 saturated heterocycles. The molecule has 1 amide bonds. The summed E-state index contributed by atoms with van der Waals surface area (Å²) >= 11 is 0. The van der Waals surface area contributed by atoms with Gasteiger partial charge in [0.25, 0.3) is 0 Å². The van der Waals surface area contributed by atoms with E-state index in [1.54, 1.807) is 23.1 Å². The lowest BCUT2D eigenvalue weighted by atomic mass is 10.0. The van der Waals surface area contributed by atoms with Crippen LogP contribution in [0.25, 0.3) is 0 Å². The number of likely N-dealkylation sites (tertiary alicyclic amines) is 1. The average Bonchev–Trinajstić information content (AvgIpc) is 2.78. The monoisotopic (exact) mass is 430 g/mol. The number of nitrogens with zero attached hydrogens (tertiary/aromatic N) is 3. The standard InChI is InChI=1S/C22H30N4O3S/c1-25(22(27)10-15-24-30(28,29)21-8-3-2-4-9-21)20-12-17-26(18-13-20)16-11-19-7-5-6-14-23-19/h2-9,14,20,24H,10-13,15-18H2,1H3. The van der Waals surface area contributed by atoms with Gasteiger partial charge in [0.15, 0.2) is 0 Å². The molecule has 0 radical (unpaired) electrons. The van der Waals surface area contributed by atoms with E-state index in [1.807, 2.05) is 31.4 Å². The van der Waals surface area contributed by atoms with Crippen LogP contribution in [0.15, 0.2) is 59.6 Å². The number of rotatable bonds is 9. The largest absolute Gasteiger partial charge is 0.343 e. The Morgan fingerprint density at radius 1 is 1.13 bits per heavy atom. The highest BCUT2D eigenvalue weighted by atomic mass is 32.2. The van der Waals surface area contributed by atoms with Crippen LogP contribution in [0.1, 0.15) is 25.0 Å². The van der Waals surface area contributed by atoms with Gasteiger partial charge in [-0.2, -0.15) is 0 Å². The van der Waals surface area contributed by atoms with Crippen LogP contribution in [0.4, 0.5) is 0 Å². The van der Waals surface area contributed by atoms with Gasteiger partial charge in [0.05, 0.1) is 4.90 Å². The molecule has 1 N–H and O–H groups in total. The first-order chi connectivity index (χ1) is 14.5. The molecule has 162 valence electrons. The van der Waals surface area contributed by atoms with Crippen molar-refractivity contribution in [1.82, 2.24) is 19.5 Å². The van der Waals surface area contributed by atoms with Crippen LogP contribution in [-0.4, -0.2) is 68.4 Å². The van der Waals surface area contributed by atoms with Gasteiger partial charge >= 0.3 is 0 Å². The lowest BCUT2D eigenvalue weighted by Gasteiger charge is -2.36. The Kier molecular flexibility index (Phi) is 7.95. The van der Waals surface area contributed by atoms with Crippen molar-refractivity contribution >= 4 is 15.9 Å². The van der Waals surface area contributed by atoms with Crippen molar-refractivity contribution in [2.75, 3.05) is 33.2 Å². The molecule has 7 nitrogen and oxygen atoms in total. The van der Waals surface area contributed by atoms with Crippen LogP contribution in [0, 0.1) is 0 Å². The number of nitrogens with one attached hydrogen (secondary N) is 1. The summed E-state index contributed by atoms with van der Waals surface area (Å²) in [7, 11) is -1.75. The number of pyridine rings is 1. The lowest BCUT2D eigenvalue weighted by Crippen LogP contribution is -2.46. The Bertz CT molecular complexity index is 898. The molecular formula is C22H30N4O3S. The highest BCUT2D eigenvalue weighted by Gasteiger charge is 2.25. The first-order valence-corrected chi connectivity index (χ1v) is 11.9. The van der Waals surface area contributed by atoms with E-state index >= 15 is 0 Å². The second kappa shape index (κ2) is 10.7. The molecular weight excluding hydrogens is 400 g/mol. The van der Waals surface area contributed by atoms with Crippen LogP contribution in [0.2, 0.25) is 0 Å². The van der Waals surface area contributed by atoms with Gasteiger partial charge in [-0.25, -0.2) is 13.1 Å². The third-order valence-electron chi connectivity index (χ3n) is 5.59. The quantitative estimate of drug-likeness (QED) is 0.657. The van der Waals surface area contributed by atoms with Crippen molar-refractivity contribution in [3.05, 3.63) is 60.4 Å². The maximum absolute atomic E-state index is 12.5. The zero-order valence-corrected chi connectivity index (χ0v) is 18.2. The smallest absolute Gasteiger partial charge is 0.240 e.